The van der Waals surface area contributed by atoms with Crippen LogP contribution < -0.4 is 5.73 Å². The summed E-state index contributed by atoms with van der Waals surface area (Å²) in [5.41, 5.74) is 6.68. The van der Waals surface area contributed by atoms with E-state index in [4.69, 9.17) is 14.9 Å². The summed E-state index contributed by atoms with van der Waals surface area (Å²) in [5.74, 6) is 1.77. The van der Waals surface area contributed by atoms with Crippen molar-refractivity contribution in [3.63, 3.8) is 0 Å². The van der Waals surface area contributed by atoms with Gasteiger partial charge in [0.05, 0.1) is 19.3 Å². The fraction of sp³-hybridized carbons (Fsp3) is 0.692. The molecule has 0 aromatic carbocycles. The Kier molecular flexibility index (Phi) is 4.20. The lowest BCUT2D eigenvalue weighted by molar-refractivity contribution is 0.00171. The van der Waals surface area contributed by atoms with Crippen LogP contribution in [0, 0.1) is 6.92 Å². The van der Waals surface area contributed by atoms with Gasteiger partial charge in [-0.2, -0.15) is 0 Å². The molecule has 0 unspecified atom stereocenters. The maximum atomic E-state index is 5.93. The number of nitrogens with two attached hydrogens (primary N) is 1. The lowest BCUT2D eigenvalue weighted by Crippen LogP contribution is -2.34. The highest BCUT2D eigenvalue weighted by Crippen LogP contribution is 2.18. The molecule has 1 aliphatic rings. The molecule has 4 nitrogen and oxygen atoms in total. The minimum atomic E-state index is 0.391. The van der Waals surface area contributed by atoms with Crippen LogP contribution in [-0.4, -0.2) is 31.1 Å². The van der Waals surface area contributed by atoms with E-state index in [0.29, 0.717) is 19.3 Å². The maximum absolute atomic E-state index is 5.93. The fourth-order valence-electron chi connectivity index (χ4n) is 2.19. The molecule has 96 valence electrons. The first-order chi connectivity index (χ1) is 8.19. The molecule has 0 spiro atoms. The summed E-state index contributed by atoms with van der Waals surface area (Å²) in [6.07, 6.45) is 2.63. The van der Waals surface area contributed by atoms with Gasteiger partial charge in [-0.15, -0.1) is 0 Å². The summed E-state index contributed by atoms with van der Waals surface area (Å²) in [4.78, 5) is 2.34. The van der Waals surface area contributed by atoms with E-state index in [0.717, 1.165) is 43.0 Å². The number of aryl methyl sites for hydroxylation is 1. The van der Waals surface area contributed by atoms with E-state index < -0.39 is 0 Å². The van der Waals surface area contributed by atoms with Crippen LogP contribution in [0.2, 0.25) is 0 Å². The van der Waals surface area contributed by atoms with Gasteiger partial charge >= 0.3 is 0 Å². The van der Waals surface area contributed by atoms with Gasteiger partial charge in [0.15, 0.2) is 0 Å². The number of ether oxygens (including phenoxy) is 1. The number of likely N-dealkylation sites (tertiary alicyclic amines) is 1. The van der Waals surface area contributed by atoms with Crippen LogP contribution in [0.5, 0.6) is 0 Å². The lowest BCUT2D eigenvalue weighted by atomic mass is 10.1. The SMILES string of the molecule is Cc1oc(CN)cc1COC1CCN(C)CC1. The Bertz CT molecular complexity index is 354. The van der Waals surface area contributed by atoms with Crippen LogP contribution in [0.15, 0.2) is 10.5 Å². The van der Waals surface area contributed by atoms with Crippen molar-refractivity contribution < 1.29 is 9.15 Å². The molecule has 2 heterocycles. The molecule has 1 aromatic rings. The van der Waals surface area contributed by atoms with Crippen molar-refractivity contribution in [1.82, 2.24) is 4.90 Å². The van der Waals surface area contributed by atoms with E-state index in [1.54, 1.807) is 0 Å². The summed E-state index contributed by atoms with van der Waals surface area (Å²) in [7, 11) is 2.16. The first kappa shape index (κ1) is 12.6. The molecule has 0 saturated carbocycles. The predicted octanol–water partition coefficient (Wildman–Crippen LogP) is 1.66. The molecule has 0 aliphatic carbocycles. The molecule has 0 atom stereocenters. The van der Waals surface area contributed by atoms with E-state index in [1.165, 1.54) is 0 Å². The van der Waals surface area contributed by atoms with E-state index in [1.807, 2.05) is 13.0 Å². The number of hydrogen-bond acceptors (Lipinski definition) is 4. The van der Waals surface area contributed by atoms with Crippen molar-refractivity contribution >= 4 is 0 Å². The normalized spacial score (nSPS) is 18.8. The largest absolute Gasteiger partial charge is 0.465 e. The Hall–Kier alpha value is -0.840. The molecule has 2 rings (SSSR count). The van der Waals surface area contributed by atoms with E-state index >= 15 is 0 Å². The Morgan fingerprint density at radius 2 is 2.18 bits per heavy atom. The summed E-state index contributed by atoms with van der Waals surface area (Å²) < 4.78 is 11.4. The van der Waals surface area contributed by atoms with Crippen molar-refractivity contribution in [3.05, 3.63) is 23.2 Å². The lowest BCUT2D eigenvalue weighted by Gasteiger charge is -2.28. The monoisotopic (exact) mass is 238 g/mol. The molecule has 2 N–H and O–H groups in total. The van der Waals surface area contributed by atoms with Crippen molar-refractivity contribution in [2.45, 2.75) is 39.0 Å². The summed E-state index contributed by atoms with van der Waals surface area (Å²) in [6.45, 7) is 5.32. The molecule has 4 heteroatoms. The average molecular weight is 238 g/mol. The van der Waals surface area contributed by atoms with Gasteiger partial charge in [-0.25, -0.2) is 0 Å². The van der Waals surface area contributed by atoms with Crippen LogP contribution in [-0.2, 0) is 17.9 Å². The first-order valence-corrected chi connectivity index (χ1v) is 6.27. The Morgan fingerprint density at radius 1 is 1.47 bits per heavy atom. The van der Waals surface area contributed by atoms with Gasteiger partial charge in [-0.3, -0.25) is 0 Å². The van der Waals surface area contributed by atoms with Crippen molar-refractivity contribution in [2.75, 3.05) is 20.1 Å². The average Bonchev–Trinajstić information content (AvgIpc) is 2.69. The molecule has 0 bridgehead atoms. The van der Waals surface area contributed by atoms with Gasteiger partial charge in [0.2, 0.25) is 0 Å². The minimum Gasteiger partial charge on any atom is -0.465 e. The quantitative estimate of drug-likeness (QED) is 0.866. The number of rotatable bonds is 4. The molecule has 0 amide bonds. The van der Waals surface area contributed by atoms with E-state index in [2.05, 4.69) is 11.9 Å². The zero-order chi connectivity index (χ0) is 12.3. The maximum Gasteiger partial charge on any atom is 0.118 e. The van der Waals surface area contributed by atoms with Gasteiger partial charge < -0.3 is 19.8 Å². The second kappa shape index (κ2) is 5.67. The highest BCUT2D eigenvalue weighted by Gasteiger charge is 2.17. The number of hydrogen-bond donors (Lipinski definition) is 1. The topological polar surface area (TPSA) is 51.6 Å². The highest BCUT2D eigenvalue weighted by atomic mass is 16.5. The number of furan rings is 1. The highest BCUT2D eigenvalue weighted by molar-refractivity contribution is 5.19. The van der Waals surface area contributed by atoms with Crippen molar-refractivity contribution in [2.24, 2.45) is 5.73 Å². The van der Waals surface area contributed by atoms with Gasteiger partial charge in [-0.05, 0) is 32.9 Å². The van der Waals surface area contributed by atoms with Gasteiger partial charge in [0, 0.05) is 18.7 Å². The predicted molar refractivity (Wildman–Crippen MR) is 66.6 cm³/mol. The third kappa shape index (κ3) is 3.31. The van der Waals surface area contributed by atoms with Gasteiger partial charge in [0.1, 0.15) is 11.5 Å². The minimum absolute atomic E-state index is 0.391. The molecule has 0 radical (unpaired) electrons. The molecular weight excluding hydrogens is 216 g/mol. The molecule has 1 fully saturated rings. The van der Waals surface area contributed by atoms with Crippen LogP contribution in [0.3, 0.4) is 0 Å². The second-order valence-electron chi connectivity index (χ2n) is 4.81. The molecule has 1 saturated heterocycles. The third-order valence-corrected chi connectivity index (χ3v) is 3.41. The van der Waals surface area contributed by atoms with Crippen LogP contribution in [0.4, 0.5) is 0 Å². The smallest absolute Gasteiger partial charge is 0.118 e. The third-order valence-electron chi connectivity index (χ3n) is 3.41. The standard InChI is InChI=1S/C13H22N2O2/c1-10-11(7-13(8-14)17-10)9-16-12-3-5-15(2)6-4-12/h7,12H,3-6,8-9,14H2,1-2H3. The fourth-order valence-corrected chi connectivity index (χ4v) is 2.19. The Morgan fingerprint density at radius 3 is 2.76 bits per heavy atom. The zero-order valence-electron chi connectivity index (χ0n) is 10.7. The van der Waals surface area contributed by atoms with Gasteiger partial charge in [-0.1, -0.05) is 0 Å². The number of piperidine rings is 1. The first-order valence-electron chi connectivity index (χ1n) is 6.27. The molecule has 1 aliphatic heterocycles. The molecule has 1 aromatic heterocycles. The van der Waals surface area contributed by atoms with E-state index in [9.17, 15) is 0 Å². The number of nitrogens with zero attached hydrogens (tertiary/aromatic N) is 1. The summed E-state index contributed by atoms with van der Waals surface area (Å²) in [5, 5.41) is 0. The van der Waals surface area contributed by atoms with Gasteiger partial charge in [0.25, 0.3) is 0 Å². The Labute approximate surface area is 103 Å². The van der Waals surface area contributed by atoms with Crippen LogP contribution in [0.1, 0.15) is 29.9 Å². The van der Waals surface area contributed by atoms with E-state index in [-0.39, 0.29) is 0 Å². The Balaban J connectivity index is 1.83. The summed E-state index contributed by atoms with van der Waals surface area (Å²) >= 11 is 0. The zero-order valence-corrected chi connectivity index (χ0v) is 10.7. The van der Waals surface area contributed by atoms with Crippen LogP contribution in [0.25, 0.3) is 0 Å². The van der Waals surface area contributed by atoms with Crippen molar-refractivity contribution in [3.8, 4) is 0 Å². The second-order valence-corrected chi connectivity index (χ2v) is 4.81. The summed E-state index contributed by atoms with van der Waals surface area (Å²) in [6, 6.07) is 2.00. The molecular formula is C13H22N2O2. The van der Waals surface area contributed by atoms with Crippen LogP contribution >= 0.6 is 0 Å². The molecule has 17 heavy (non-hydrogen) atoms. The van der Waals surface area contributed by atoms with Crippen molar-refractivity contribution in [1.29, 1.82) is 0 Å².